The van der Waals surface area contributed by atoms with Crippen LogP contribution in [-0.4, -0.2) is 18.7 Å². The van der Waals surface area contributed by atoms with Gasteiger partial charge in [0.2, 0.25) is 0 Å². The van der Waals surface area contributed by atoms with Crippen molar-refractivity contribution < 1.29 is 5.11 Å². The first-order valence-electron chi connectivity index (χ1n) is 3.92. The van der Waals surface area contributed by atoms with E-state index >= 15 is 0 Å². The van der Waals surface area contributed by atoms with E-state index in [2.05, 4.69) is 21.2 Å². The molecule has 1 atom stereocenters. The van der Waals surface area contributed by atoms with Gasteiger partial charge < -0.3 is 10.4 Å². The predicted octanol–water partition coefficient (Wildman–Crippen LogP) is 2.36. The van der Waals surface area contributed by atoms with Gasteiger partial charge in [0, 0.05) is 21.6 Å². The average Bonchev–Trinajstić information content (AvgIpc) is 2.09. The van der Waals surface area contributed by atoms with E-state index in [1.165, 1.54) is 0 Å². The maximum Gasteiger partial charge on any atom is 0.0929 e. The van der Waals surface area contributed by atoms with Crippen molar-refractivity contribution in [2.24, 2.45) is 0 Å². The first-order valence-corrected chi connectivity index (χ1v) is 5.10. The third-order valence-electron chi connectivity index (χ3n) is 1.71. The van der Waals surface area contributed by atoms with Gasteiger partial charge in [-0.05, 0) is 25.2 Å². The summed E-state index contributed by atoms with van der Waals surface area (Å²) in [5, 5.41) is 13.1. The molecule has 1 unspecified atom stereocenters. The van der Waals surface area contributed by atoms with Crippen molar-refractivity contribution in [2.75, 3.05) is 13.6 Å². The van der Waals surface area contributed by atoms with Crippen molar-refractivity contribution in [3.05, 3.63) is 33.3 Å². The fourth-order valence-electron chi connectivity index (χ4n) is 1.07. The molecule has 0 amide bonds. The van der Waals surface area contributed by atoms with Gasteiger partial charge in [0.1, 0.15) is 0 Å². The lowest BCUT2D eigenvalue weighted by Gasteiger charge is -2.12. The van der Waals surface area contributed by atoms with Crippen molar-refractivity contribution in [2.45, 2.75) is 6.10 Å². The third-order valence-corrected chi connectivity index (χ3v) is 2.55. The fourth-order valence-corrected chi connectivity index (χ4v) is 1.70. The Balaban J connectivity index is 2.91. The van der Waals surface area contributed by atoms with Crippen LogP contribution in [0, 0.1) is 0 Å². The Hall–Kier alpha value is -0.0900. The molecule has 0 aromatic heterocycles. The number of nitrogens with one attached hydrogen (secondary N) is 1. The molecule has 0 saturated carbocycles. The predicted molar refractivity (Wildman–Crippen MR) is 58.0 cm³/mol. The molecule has 0 radical (unpaired) electrons. The lowest BCUT2D eigenvalue weighted by molar-refractivity contribution is 0.178. The van der Waals surface area contributed by atoms with E-state index in [0.29, 0.717) is 11.6 Å². The summed E-state index contributed by atoms with van der Waals surface area (Å²) in [7, 11) is 1.79. The molecule has 0 aliphatic heterocycles. The highest BCUT2D eigenvalue weighted by Crippen LogP contribution is 2.25. The normalized spacial score (nSPS) is 12.9. The van der Waals surface area contributed by atoms with Gasteiger partial charge in [0.15, 0.2) is 0 Å². The maximum absolute atomic E-state index is 9.66. The fraction of sp³-hybridized carbons (Fsp3) is 0.333. The van der Waals surface area contributed by atoms with Crippen LogP contribution in [0.25, 0.3) is 0 Å². The van der Waals surface area contributed by atoms with Crippen LogP contribution in [0.15, 0.2) is 22.7 Å². The number of benzene rings is 1. The Morgan fingerprint density at radius 1 is 1.62 bits per heavy atom. The minimum absolute atomic E-state index is 0.496. The first-order chi connectivity index (χ1) is 6.15. The minimum Gasteiger partial charge on any atom is -0.387 e. The summed E-state index contributed by atoms with van der Waals surface area (Å²) in [6.07, 6.45) is -0.560. The van der Waals surface area contributed by atoms with Crippen molar-refractivity contribution in [3.8, 4) is 0 Å². The van der Waals surface area contributed by atoms with Crippen molar-refractivity contribution in [3.63, 3.8) is 0 Å². The van der Waals surface area contributed by atoms with E-state index < -0.39 is 6.10 Å². The summed E-state index contributed by atoms with van der Waals surface area (Å²) in [6, 6.07) is 5.43. The van der Waals surface area contributed by atoms with E-state index in [1.54, 1.807) is 13.1 Å². The molecule has 1 aromatic carbocycles. The summed E-state index contributed by atoms with van der Waals surface area (Å²) in [6.45, 7) is 0.496. The zero-order valence-corrected chi connectivity index (χ0v) is 9.56. The second-order valence-corrected chi connectivity index (χ2v) is 4.06. The Bertz CT molecular complexity index is 293. The van der Waals surface area contributed by atoms with Crippen LogP contribution < -0.4 is 5.32 Å². The molecule has 4 heteroatoms. The second-order valence-electron chi connectivity index (χ2n) is 2.74. The van der Waals surface area contributed by atoms with Gasteiger partial charge in [-0.25, -0.2) is 0 Å². The molecule has 0 bridgehead atoms. The maximum atomic E-state index is 9.66. The molecular formula is C9H11BrClNO. The highest BCUT2D eigenvalue weighted by molar-refractivity contribution is 9.10. The van der Waals surface area contributed by atoms with E-state index in [0.717, 1.165) is 10.0 Å². The summed E-state index contributed by atoms with van der Waals surface area (Å²) < 4.78 is 0.919. The van der Waals surface area contributed by atoms with Crippen LogP contribution in [0.5, 0.6) is 0 Å². The molecule has 0 heterocycles. The number of aliphatic hydroxyl groups is 1. The van der Waals surface area contributed by atoms with Crippen molar-refractivity contribution in [1.82, 2.24) is 5.32 Å². The van der Waals surface area contributed by atoms with Gasteiger partial charge >= 0.3 is 0 Å². The molecule has 1 aromatic rings. The number of aliphatic hydroxyl groups excluding tert-OH is 1. The Kier molecular flexibility index (Phi) is 4.19. The van der Waals surface area contributed by atoms with Crippen LogP contribution in [0.2, 0.25) is 5.02 Å². The summed E-state index contributed by atoms with van der Waals surface area (Å²) >= 11 is 9.24. The number of likely N-dealkylation sites (N-methyl/N-ethyl adjacent to an activating group) is 1. The molecule has 2 nitrogen and oxygen atoms in total. The Morgan fingerprint density at radius 2 is 2.31 bits per heavy atom. The SMILES string of the molecule is CNCC(O)c1cc(Br)ccc1Cl. The molecule has 0 aliphatic rings. The smallest absolute Gasteiger partial charge is 0.0929 e. The molecule has 0 aliphatic carbocycles. The van der Waals surface area contributed by atoms with Crippen LogP contribution >= 0.6 is 27.5 Å². The molecule has 0 fully saturated rings. The standard InChI is InChI=1S/C9H11BrClNO/c1-12-5-9(13)7-4-6(10)2-3-8(7)11/h2-4,9,12-13H,5H2,1H3. The van der Waals surface area contributed by atoms with Gasteiger partial charge in [0.05, 0.1) is 6.10 Å². The van der Waals surface area contributed by atoms with Gasteiger partial charge in [-0.2, -0.15) is 0 Å². The van der Waals surface area contributed by atoms with Crippen molar-refractivity contribution in [1.29, 1.82) is 0 Å². The highest BCUT2D eigenvalue weighted by Gasteiger charge is 2.10. The van der Waals surface area contributed by atoms with E-state index in [4.69, 9.17) is 11.6 Å². The van der Waals surface area contributed by atoms with Gasteiger partial charge in [0.25, 0.3) is 0 Å². The lowest BCUT2D eigenvalue weighted by Crippen LogP contribution is -2.16. The molecule has 72 valence electrons. The molecule has 2 N–H and O–H groups in total. The summed E-state index contributed by atoms with van der Waals surface area (Å²) in [5.74, 6) is 0. The van der Waals surface area contributed by atoms with E-state index in [-0.39, 0.29) is 0 Å². The quantitative estimate of drug-likeness (QED) is 0.878. The molecular weight excluding hydrogens is 253 g/mol. The van der Waals surface area contributed by atoms with Crippen LogP contribution in [0.3, 0.4) is 0 Å². The topological polar surface area (TPSA) is 32.3 Å². The Morgan fingerprint density at radius 3 is 2.92 bits per heavy atom. The lowest BCUT2D eigenvalue weighted by atomic mass is 10.1. The van der Waals surface area contributed by atoms with Gasteiger partial charge in [-0.3, -0.25) is 0 Å². The van der Waals surface area contributed by atoms with Crippen molar-refractivity contribution >= 4 is 27.5 Å². The average molecular weight is 265 g/mol. The van der Waals surface area contributed by atoms with Gasteiger partial charge in [-0.1, -0.05) is 27.5 Å². The molecule has 13 heavy (non-hydrogen) atoms. The zero-order valence-electron chi connectivity index (χ0n) is 7.22. The molecule has 0 saturated heterocycles. The summed E-state index contributed by atoms with van der Waals surface area (Å²) in [4.78, 5) is 0. The molecule has 1 rings (SSSR count). The summed E-state index contributed by atoms with van der Waals surface area (Å²) in [5.41, 5.74) is 0.741. The van der Waals surface area contributed by atoms with Crippen LogP contribution in [0.4, 0.5) is 0 Å². The third kappa shape index (κ3) is 2.95. The van der Waals surface area contributed by atoms with Crippen LogP contribution in [0.1, 0.15) is 11.7 Å². The largest absolute Gasteiger partial charge is 0.387 e. The molecule has 0 spiro atoms. The zero-order chi connectivity index (χ0) is 9.84. The van der Waals surface area contributed by atoms with E-state index in [1.807, 2.05) is 12.1 Å². The second kappa shape index (κ2) is 4.96. The monoisotopic (exact) mass is 263 g/mol. The van der Waals surface area contributed by atoms with Crippen LogP contribution in [-0.2, 0) is 0 Å². The number of hydrogen-bond donors (Lipinski definition) is 2. The van der Waals surface area contributed by atoms with Gasteiger partial charge in [-0.15, -0.1) is 0 Å². The minimum atomic E-state index is -0.560. The number of rotatable bonds is 3. The first kappa shape index (κ1) is 11.0. The number of hydrogen-bond acceptors (Lipinski definition) is 2. The Labute approximate surface area is 91.0 Å². The van der Waals surface area contributed by atoms with E-state index in [9.17, 15) is 5.11 Å². The highest BCUT2D eigenvalue weighted by atomic mass is 79.9. The number of halogens is 2.